The van der Waals surface area contributed by atoms with E-state index >= 15 is 0 Å². The van der Waals surface area contributed by atoms with Gasteiger partial charge in [-0.15, -0.1) is 0 Å². The molecular weight excluding hydrogens is 349 g/mol. The Hall–Kier alpha value is -2.30. The van der Waals surface area contributed by atoms with Gasteiger partial charge in [0.1, 0.15) is 5.75 Å². The zero-order valence-electron chi connectivity index (χ0n) is 12.9. The van der Waals surface area contributed by atoms with Gasteiger partial charge < -0.3 is 9.57 Å². The predicted octanol–water partition coefficient (Wildman–Crippen LogP) is 5.00. The van der Waals surface area contributed by atoms with E-state index in [2.05, 4.69) is 5.16 Å². The van der Waals surface area contributed by atoms with Gasteiger partial charge in [0.2, 0.25) is 0 Å². The van der Waals surface area contributed by atoms with Crippen LogP contribution in [0.5, 0.6) is 5.75 Å². The average Bonchev–Trinajstić information content (AvgIpc) is 2.58. The fraction of sp³-hybridized carbons (Fsp3) is 0.111. The average molecular weight is 364 g/mol. The lowest BCUT2D eigenvalue weighted by atomic mass is 10.2. The van der Waals surface area contributed by atoms with Gasteiger partial charge in [0.05, 0.1) is 10.7 Å². The third kappa shape index (κ3) is 6.07. The van der Waals surface area contributed by atoms with E-state index in [-0.39, 0.29) is 6.61 Å². The number of carbonyl (C=O) groups is 1. The van der Waals surface area contributed by atoms with Crippen molar-refractivity contribution < 1.29 is 14.4 Å². The number of nitrogens with zero attached hydrogens (tertiary/aromatic N) is 1. The lowest BCUT2D eigenvalue weighted by molar-refractivity contribution is -0.146. The molecule has 4 nitrogen and oxygen atoms in total. The van der Waals surface area contributed by atoms with Crippen LogP contribution in [0.2, 0.25) is 10.0 Å². The van der Waals surface area contributed by atoms with Crippen LogP contribution in [0.3, 0.4) is 0 Å². The number of rotatable bonds is 6. The molecule has 0 bridgehead atoms. The molecule has 0 fully saturated rings. The van der Waals surface area contributed by atoms with E-state index in [4.69, 9.17) is 32.8 Å². The summed E-state index contributed by atoms with van der Waals surface area (Å²) in [5, 5.41) is 4.54. The lowest BCUT2D eigenvalue weighted by Gasteiger charge is -2.06. The van der Waals surface area contributed by atoms with Crippen molar-refractivity contribution in [1.29, 1.82) is 0 Å². The topological polar surface area (TPSA) is 47.9 Å². The first-order chi connectivity index (χ1) is 11.5. The van der Waals surface area contributed by atoms with Crippen molar-refractivity contribution in [3.8, 4) is 5.75 Å². The third-order valence-corrected chi connectivity index (χ3v) is 3.38. The monoisotopic (exact) mass is 363 g/mol. The van der Waals surface area contributed by atoms with Crippen molar-refractivity contribution in [3.63, 3.8) is 0 Å². The van der Waals surface area contributed by atoms with Gasteiger partial charge in [-0.25, -0.2) is 4.79 Å². The number of benzene rings is 2. The van der Waals surface area contributed by atoms with Gasteiger partial charge in [-0.3, -0.25) is 0 Å². The van der Waals surface area contributed by atoms with Crippen LogP contribution in [0.25, 0.3) is 6.08 Å². The summed E-state index contributed by atoms with van der Waals surface area (Å²) in [5.74, 6) is -0.281. The maximum Gasteiger partial charge on any atom is 0.372 e. The molecule has 0 aliphatic carbocycles. The Labute approximate surface area is 150 Å². The summed E-state index contributed by atoms with van der Waals surface area (Å²) in [4.78, 5) is 16.4. The Morgan fingerprint density at radius 2 is 1.92 bits per heavy atom. The number of hydrogen-bond donors (Lipinski definition) is 0. The summed E-state index contributed by atoms with van der Waals surface area (Å²) in [6.07, 6.45) is 3.62. The number of oxime groups is 1. The minimum Gasteiger partial charge on any atom is -0.480 e. The molecule has 6 heteroatoms. The van der Waals surface area contributed by atoms with Gasteiger partial charge in [-0.1, -0.05) is 64.8 Å². The molecule has 0 radical (unpaired) electrons. The lowest BCUT2D eigenvalue weighted by Crippen LogP contribution is -2.13. The number of ether oxygens (including phenoxy) is 1. The summed E-state index contributed by atoms with van der Waals surface area (Å²) >= 11 is 11.7. The summed E-state index contributed by atoms with van der Waals surface area (Å²) in [6.45, 7) is 1.42. The smallest absolute Gasteiger partial charge is 0.372 e. The first-order valence-electron chi connectivity index (χ1n) is 7.10. The molecule has 0 saturated heterocycles. The van der Waals surface area contributed by atoms with Gasteiger partial charge in [-0.2, -0.15) is 0 Å². The minimum atomic E-state index is -0.631. The predicted molar refractivity (Wildman–Crippen MR) is 96.6 cm³/mol. The third-order valence-electron chi connectivity index (χ3n) is 2.85. The van der Waals surface area contributed by atoms with Crippen molar-refractivity contribution in [2.75, 3.05) is 6.61 Å². The summed E-state index contributed by atoms with van der Waals surface area (Å²) in [7, 11) is 0. The molecule has 24 heavy (non-hydrogen) atoms. The SMILES string of the molecule is CC(/C=C/c1ccccc1)=N/OC(=O)COc1ccc(Cl)cc1Cl. The molecule has 0 aliphatic rings. The van der Waals surface area contributed by atoms with Gasteiger partial charge in [-0.05, 0) is 36.8 Å². The van der Waals surface area contributed by atoms with E-state index in [9.17, 15) is 4.79 Å². The number of carbonyl (C=O) groups excluding carboxylic acids is 1. The van der Waals surface area contributed by atoms with E-state index in [1.165, 1.54) is 6.07 Å². The van der Waals surface area contributed by atoms with E-state index in [0.29, 0.717) is 21.5 Å². The van der Waals surface area contributed by atoms with Crippen LogP contribution in [0.4, 0.5) is 0 Å². The first-order valence-corrected chi connectivity index (χ1v) is 7.85. The van der Waals surface area contributed by atoms with Gasteiger partial charge >= 0.3 is 5.97 Å². The van der Waals surface area contributed by atoms with E-state index in [1.54, 1.807) is 25.1 Å². The van der Waals surface area contributed by atoms with Crippen molar-refractivity contribution in [1.82, 2.24) is 0 Å². The molecule has 2 aromatic rings. The molecule has 0 heterocycles. The zero-order valence-corrected chi connectivity index (χ0v) is 14.4. The number of halogens is 2. The second-order valence-corrected chi connectivity index (χ2v) is 5.65. The van der Waals surface area contributed by atoms with Crippen molar-refractivity contribution >= 4 is 41.0 Å². The fourth-order valence-electron chi connectivity index (χ4n) is 1.69. The van der Waals surface area contributed by atoms with Crippen molar-refractivity contribution in [3.05, 3.63) is 70.2 Å². The highest BCUT2D eigenvalue weighted by molar-refractivity contribution is 6.35. The van der Waals surface area contributed by atoms with Crippen LogP contribution in [-0.2, 0) is 9.63 Å². The minimum absolute atomic E-state index is 0.305. The van der Waals surface area contributed by atoms with E-state index < -0.39 is 5.97 Å². The molecule has 0 N–H and O–H groups in total. The summed E-state index contributed by atoms with van der Waals surface area (Å²) in [5.41, 5.74) is 1.58. The molecule has 2 aromatic carbocycles. The molecule has 0 atom stereocenters. The quantitative estimate of drug-likeness (QED) is 0.412. The molecule has 0 amide bonds. The summed E-state index contributed by atoms with van der Waals surface area (Å²) in [6, 6.07) is 14.4. The largest absolute Gasteiger partial charge is 0.480 e. The molecule has 124 valence electrons. The summed E-state index contributed by atoms with van der Waals surface area (Å²) < 4.78 is 5.26. The highest BCUT2D eigenvalue weighted by Crippen LogP contribution is 2.27. The van der Waals surface area contributed by atoms with Crippen LogP contribution in [0.15, 0.2) is 59.8 Å². The van der Waals surface area contributed by atoms with Gasteiger partial charge in [0, 0.05) is 5.02 Å². The Balaban J connectivity index is 1.82. The number of hydrogen-bond acceptors (Lipinski definition) is 4. The molecule has 2 rings (SSSR count). The van der Waals surface area contributed by atoms with Gasteiger partial charge in [0.25, 0.3) is 0 Å². The van der Waals surface area contributed by atoms with E-state index in [1.807, 2.05) is 36.4 Å². The van der Waals surface area contributed by atoms with Crippen molar-refractivity contribution in [2.45, 2.75) is 6.92 Å². The Bertz CT molecular complexity index is 758. The zero-order chi connectivity index (χ0) is 17.4. The second-order valence-electron chi connectivity index (χ2n) is 4.80. The number of allylic oxidation sites excluding steroid dienone is 1. The molecule has 0 aliphatic heterocycles. The second kappa shape index (κ2) is 9.11. The molecule has 0 unspecified atom stereocenters. The highest BCUT2D eigenvalue weighted by atomic mass is 35.5. The van der Waals surface area contributed by atoms with Gasteiger partial charge in [0.15, 0.2) is 6.61 Å². The van der Waals surface area contributed by atoms with Crippen LogP contribution < -0.4 is 4.74 Å². The Kier molecular flexibility index (Phi) is 6.85. The van der Waals surface area contributed by atoms with E-state index in [0.717, 1.165) is 5.56 Å². The Morgan fingerprint density at radius 1 is 1.17 bits per heavy atom. The van der Waals surface area contributed by atoms with Crippen LogP contribution in [0.1, 0.15) is 12.5 Å². The maximum absolute atomic E-state index is 11.6. The highest BCUT2D eigenvalue weighted by Gasteiger charge is 2.07. The van der Waals surface area contributed by atoms with Crippen LogP contribution in [-0.4, -0.2) is 18.3 Å². The molecule has 0 aromatic heterocycles. The normalized spacial score (nSPS) is 11.5. The Morgan fingerprint density at radius 3 is 2.62 bits per heavy atom. The van der Waals surface area contributed by atoms with Crippen molar-refractivity contribution in [2.24, 2.45) is 5.16 Å². The van der Waals surface area contributed by atoms with Crippen LogP contribution >= 0.6 is 23.2 Å². The standard InChI is InChI=1S/C18H15Cl2NO3/c1-13(7-8-14-5-3-2-4-6-14)21-24-18(22)12-23-17-10-9-15(19)11-16(17)20/h2-11H,12H2,1H3/b8-7+,21-13-. The fourth-order valence-corrected chi connectivity index (χ4v) is 2.15. The molecular formula is C18H15Cl2NO3. The molecule has 0 spiro atoms. The van der Waals surface area contributed by atoms with Crippen LogP contribution in [0, 0.1) is 0 Å². The molecule has 0 saturated carbocycles. The first kappa shape index (κ1) is 18.0. The maximum atomic E-state index is 11.6.